The highest BCUT2D eigenvalue weighted by Crippen LogP contribution is 2.07. The molecule has 4 heteroatoms. The van der Waals surface area contributed by atoms with Gasteiger partial charge in [0.1, 0.15) is 11.5 Å². The van der Waals surface area contributed by atoms with Gasteiger partial charge in [0, 0.05) is 16.5 Å². The van der Waals surface area contributed by atoms with E-state index in [4.69, 9.17) is 10.2 Å². The molecule has 0 aliphatic carbocycles. The van der Waals surface area contributed by atoms with Gasteiger partial charge in [0.05, 0.1) is 13.2 Å². The number of hydrogen-bond acceptors (Lipinski definition) is 3. The number of benzene rings is 1. The predicted octanol–water partition coefficient (Wildman–Crippen LogP) is 0.781. The lowest BCUT2D eigenvalue weighted by molar-refractivity contribution is 0.102. The average Bonchev–Trinajstić information content (AvgIpc) is 2.30. The Morgan fingerprint density at radius 1 is 1.12 bits per heavy atom. The van der Waals surface area contributed by atoms with Crippen molar-refractivity contribution in [1.29, 1.82) is 0 Å². The minimum atomic E-state index is -0.210. The second-order valence-electron chi connectivity index (χ2n) is 3.90. The molecular weight excluding hydrogens is 236 g/mol. The first-order valence-electron chi connectivity index (χ1n) is 5.63. The fourth-order valence-corrected chi connectivity index (χ4v) is 3.06. The van der Waals surface area contributed by atoms with E-state index in [1.165, 1.54) is 0 Å². The molecule has 0 unspecified atom stereocenters. The SMILES string of the molecule is Cc1ccc(C(=O)C[S+](CCO)CCO)cc1. The summed E-state index contributed by atoms with van der Waals surface area (Å²) in [7, 11) is -0.210. The van der Waals surface area contributed by atoms with Gasteiger partial charge in [-0.25, -0.2) is 0 Å². The normalized spacial score (nSPS) is 10.8. The Morgan fingerprint density at radius 3 is 2.12 bits per heavy atom. The van der Waals surface area contributed by atoms with Crippen molar-refractivity contribution in [3.8, 4) is 0 Å². The summed E-state index contributed by atoms with van der Waals surface area (Å²) in [6, 6.07) is 7.50. The van der Waals surface area contributed by atoms with E-state index in [1.807, 2.05) is 31.2 Å². The molecule has 17 heavy (non-hydrogen) atoms. The maximum atomic E-state index is 12.0. The zero-order chi connectivity index (χ0) is 12.7. The van der Waals surface area contributed by atoms with Crippen LogP contribution in [0.3, 0.4) is 0 Å². The molecule has 0 saturated carbocycles. The van der Waals surface area contributed by atoms with Crippen LogP contribution in [0.15, 0.2) is 24.3 Å². The summed E-state index contributed by atoms with van der Waals surface area (Å²) < 4.78 is 0. The topological polar surface area (TPSA) is 57.5 Å². The third kappa shape index (κ3) is 4.89. The van der Waals surface area contributed by atoms with Crippen LogP contribution in [0, 0.1) is 6.92 Å². The van der Waals surface area contributed by atoms with Gasteiger partial charge in [-0.2, -0.15) is 0 Å². The number of rotatable bonds is 7. The van der Waals surface area contributed by atoms with Crippen LogP contribution < -0.4 is 0 Å². The van der Waals surface area contributed by atoms with E-state index < -0.39 is 0 Å². The highest BCUT2D eigenvalue weighted by atomic mass is 32.2. The molecule has 0 heterocycles. The highest BCUT2D eigenvalue weighted by Gasteiger charge is 2.22. The summed E-state index contributed by atoms with van der Waals surface area (Å²) in [4.78, 5) is 12.0. The molecule has 0 saturated heterocycles. The smallest absolute Gasteiger partial charge is 0.211 e. The quantitative estimate of drug-likeness (QED) is 0.559. The van der Waals surface area contributed by atoms with E-state index >= 15 is 0 Å². The standard InChI is InChI=1S/C13H19O3S/c1-11-2-4-12(5-3-11)13(16)10-17(8-6-14)9-7-15/h2-5,14-15H,6-10H2,1H3/q+1. The second kappa shape index (κ2) is 7.48. The van der Waals surface area contributed by atoms with Crippen molar-refractivity contribution in [2.24, 2.45) is 0 Å². The molecule has 0 fully saturated rings. The van der Waals surface area contributed by atoms with Gasteiger partial charge in [-0.1, -0.05) is 29.8 Å². The summed E-state index contributed by atoms with van der Waals surface area (Å²) in [5.74, 6) is 1.70. The van der Waals surface area contributed by atoms with Crippen molar-refractivity contribution in [2.45, 2.75) is 6.92 Å². The second-order valence-corrected chi connectivity index (χ2v) is 6.23. The molecule has 1 rings (SSSR count). The molecule has 0 radical (unpaired) electrons. The van der Waals surface area contributed by atoms with E-state index in [9.17, 15) is 4.79 Å². The Balaban J connectivity index is 2.60. The summed E-state index contributed by atoms with van der Waals surface area (Å²) >= 11 is 0. The lowest BCUT2D eigenvalue weighted by Crippen LogP contribution is -2.25. The lowest BCUT2D eigenvalue weighted by Gasteiger charge is -2.06. The number of aliphatic hydroxyl groups excluding tert-OH is 2. The molecule has 1 aromatic carbocycles. The van der Waals surface area contributed by atoms with Crippen LogP contribution in [0.25, 0.3) is 0 Å². The molecule has 0 aliphatic rings. The Bertz CT molecular complexity index is 342. The highest BCUT2D eigenvalue weighted by molar-refractivity contribution is 7.97. The van der Waals surface area contributed by atoms with Crippen LogP contribution in [0.5, 0.6) is 0 Å². The molecule has 2 N–H and O–H groups in total. The summed E-state index contributed by atoms with van der Waals surface area (Å²) in [5, 5.41) is 17.8. The van der Waals surface area contributed by atoms with Gasteiger partial charge < -0.3 is 10.2 Å². The van der Waals surface area contributed by atoms with Crippen LogP contribution in [-0.2, 0) is 10.9 Å². The number of aryl methyl sites for hydroxylation is 1. The van der Waals surface area contributed by atoms with Gasteiger partial charge in [-0.15, -0.1) is 0 Å². The van der Waals surface area contributed by atoms with Crippen molar-refractivity contribution < 1.29 is 15.0 Å². The van der Waals surface area contributed by atoms with Gasteiger partial charge in [0.25, 0.3) is 0 Å². The van der Waals surface area contributed by atoms with Crippen molar-refractivity contribution in [1.82, 2.24) is 0 Å². The number of Topliss-reactive ketones (excluding diaryl/α,β-unsaturated/α-hetero) is 1. The zero-order valence-corrected chi connectivity index (χ0v) is 10.9. The third-order valence-electron chi connectivity index (χ3n) is 2.47. The number of carbonyl (C=O) groups is 1. The Kier molecular flexibility index (Phi) is 6.26. The lowest BCUT2D eigenvalue weighted by atomic mass is 10.1. The maximum Gasteiger partial charge on any atom is 0.211 e. The largest absolute Gasteiger partial charge is 0.391 e. The third-order valence-corrected chi connectivity index (χ3v) is 4.66. The first-order valence-corrected chi connectivity index (χ1v) is 7.36. The van der Waals surface area contributed by atoms with Crippen molar-refractivity contribution in [2.75, 3.05) is 30.5 Å². The Labute approximate surface area is 105 Å². The molecule has 94 valence electrons. The molecule has 0 amide bonds. The van der Waals surface area contributed by atoms with E-state index in [-0.39, 0.29) is 29.9 Å². The molecular formula is C13H19O3S+. The van der Waals surface area contributed by atoms with E-state index in [0.717, 1.165) is 5.56 Å². The Morgan fingerprint density at radius 2 is 1.65 bits per heavy atom. The first kappa shape index (κ1) is 14.2. The van der Waals surface area contributed by atoms with Crippen LogP contribution in [-0.4, -0.2) is 46.5 Å². The maximum absolute atomic E-state index is 12.0. The van der Waals surface area contributed by atoms with Gasteiger partial charge in [0.2, 0.25) is 5.78 Å². The van der Waals surface area contributed by atoms with Crippen LogP contribution in [0.4, 0.5) is 0 Å². The molecule has 3 nitrogen and oxygen atoms in total. The predicted molar refractivity (Wildman–Crippen MR) is 71.6 cm³/mol. The van der Waals surface area contributed by atoms with E-state index in [0.29, 0.717) is 22.8 Å². The fraction of sp³-hybridized carbons (Fsp3) is 0.462. The Hall–Kier alpha value is -0.840. The number of carbonyl (C=O) groups excluding carboxylic acids is 1. The van der Waals surface area contributed by atoms with Crippen LogP contribution >= 0.6 is 0 Å². The average molecular weight is 255 g/mol. The molecule has 0 atom stereocenters. The van der Waals surface area contributed by atoms with Gasteiger partial charge in [-0.3, -0.25) is 4.79 Å². The zero-order valence-electron chi connectivity index (χ0n) is 10.1. The van der Waals surface area contributed by atoms with Gasteiger partial charge >= 0.3 is 0 Å². The fourth-order valence-electron chi connectivity index (χ4n) is 1.51. The summed E-state index contributed by atoms with van der Waals surface area (Å²) in [6.45, 7) is 2.13. The van der Waals surface area contributed by atoms with Gasteiger partial charge in [-0.05, 0) is 6.92 Å². The number of ketones is 1. The minimum absolute atomic E-state index is 0.0737. The van der Waals surface area contributed by atoms with Crippen molar-refractivity contribution in [3.05, 3.63) is 35.4 Å². The van der Waals surface area contributed by atoms with E-state index in [2.05, 4.69) is 0 Å². The van der Waals surface area contributed by atoms with Crippen LogP contribution in [0.1, 0.15) is 15.9 Å². The molecule has 0 spiro atoms. The minimum Gasteiger partial charge on any atom is -0.391 e. The number of hydrogen-bond donors (Lipinski definition) is 2. The van der Waals surface area contributed by atoms with Crippen molar-refractivity contribution in [3.63, 3.8) is 0 Å². The van der Waals surface area contributed by atoms with Gasteiger partial charge in [0.15, 0.2) is 5.75 Å². The van der Waals surface area contributed by atoms with Crippen LogP contribution in [0.2, 0.25) is 0 Å². The number of aliphatic hydroxyl groups is 2. The molecule has 0 aliphatic heterocycles. The summed E-state index contributed by atoms with van der Waals surface area (Å²) in [5.41, 5.74) is 1.84. The molecule has 1 aromatic rings. The molecule has 0 bridgehead atoms. The van der Waals surface area contributed by atoms with E-state index in [1.54, 1.807) is 0 Å². The molecule has 0 aromatic heterocycles. The first-order chi connectivity index (χ1) is 8.17. The summed E-state index contributed by atoms with van der Waals surface area (Å²) in [6.07, 6.45) is 0. The monoisotopic (exact) mass is 255 g/mol. The van der Waals surface area contributed by atoms with Crippen molar-refractivity contribution >= 4 is 16.7 Å².